The SMILES string of the molecule is C=CCN1C(=O)C(C)(C)COc2ccc(NS(=O)(=O)c3ccc(F)c(F)c3)cc21. The average Bonchev–Trinajstić information content (AvgIpc) is 2.74. The Morgan fingerprint density at radius 2 is 1.93 bits per heavy atom. The molecule has 2 aromatic rings. The molecule has 0 saturated heterocycles. The lowest BCUT2D eigenvalue weighted by atomic mass is 9.93. The molecule has 0 radical (unpaired) electrons. The summed E-state index contributed by atoms with van der Waals surface area (Å²) in [6.07, 6.45) is 1.56. The number of ether oxygens (including phenoxy) is 1. The van der Waals surface area contributed by atoms with E-state index in [0.717, 1.165) is 12.1 Å². The summed E-state index contributed by atoms with van der Waals surface area (Å²) in [6, 6.07) is 6.76. The molecule has 6 nitrogen and oxygen atoms in total. The second kappa shape index (κ2) is 7.47. The van der Waals surface area contributed by atoms with Crippen molar-refractivity contribution in [3.8, 4) is 5.75 Å². The third-order valence-electron chi connectivity index (χ3n) is 4.43. The lowest BCUT2D eigenvalue weighted by molar-refractivity contribution is -0.127. The fourth-order valence-electron chi connectivity index (χ4n) is 2.88. The van der Waals surface area contributed by atoms with Crippen LogP contribution in [0.1, 0.15) is 13.8 Å². The number of fused-ring (bicyclic) bond motifs is 1. The monoisotopic (exact) mass is 422 g/mol. The van der Waals surface area contributed by atoms with Crippen LogP contribution in [0.3, 0.4) is 0 Å². The molecule has 0 atom stereocenters. The van der Waals surface area contributed by atoms with Crippen molar-refractivity contribution in [2.24, 2.45) is 5.41 Å². The normalized spacial score (nSPS) is 15.9. The van der Waals surface area contributed by atoms with Gasteiger partial charge in [0.05, 0.1) is 21.7 Å². The van der Waals surface area contributed by atoms with E-state index in [1.54, 1.807) is 26.0 Å². The van der Waals surface area contributed by atoms with Gasteiger partial charge in [-0.05, 0) is 50.2 Å². The lowest BCUT2D eigenvalue weighted by Gasteiger charge is -2.27. The summed E-state index contributed by atoms with van der Waals surface area (Å²) in [7, 11) is -4.18. The topological polar surface area (TPSA) is 75.7 Å². The van der Waals surface area contributed by atoms with Crippen LogP contribution in [0.5, 0.6) is 5.75 Å². The van der Waals surface area contributed by atoms with Crippen LogP contribution in [-0.2, 0) is 14.8 Å². The second-order valence-corrected chi connectivity index (χ2v) is 8.92. The van der Waals surface area contributed by atoms with Crippen molar-refractivity contribution >= 4 is 27.3 Å². The summed E-state index contributed by atoms with van der Waals surface area (Å²) >= 11 is 0. The number of nitrogens with zero attached hydrogens (tertiary/aromatic N) is 1. The van der Waals surface area contributed by atoms with Crippen LogP contribution in [0.25, 0.3) is 0 Å². The Hall–Kier alpha value is -2.94. The quantitative estimate of drug-likeness (QED) is 0.746. The van der Waals surface area contributed by atoms with Crippen LogP contribution in [0.4, 0.5) is 20.2 Å². The Labute approximate surface area is 167 Å². The zero-order valence-corrected chi connectivity index (χ0v) is 16.7. The molecule has 3 rings (SSSR count). The summed E-state index contributed by atoms with van der Waals surface area (Å²) in [5, 5.41) is 0. The van der Waals surface area contributed by atoms with Crippen LogP contribution < -0.4 is 14.4 Å². The summed E-state index contributed by atoms with van der Waals surface area (Å²) in [4.78, 5) is 13.9. The maximum atomic E-state index is 13.4. The van der Waals surface area contributed by atoms with Crippen molar-refractivity contribution in [2.45, 2.75) is 18.7 Å². The summed E-state index contributed by atoms with van der Waals surface area (Å²) in [6.45, 7) is 7.54. The molecule has 1 aliphatic rings. The highest BCUT2D eigenvalue weighted by atomic mass is 32.2. The highest BCUT2D eigenvalue weighted by Crippen LogP contribution is 2.38. The van der Waals surface area contributed by atoms with Gasteiger partial charge in [0.25, 0.3) is 10.0 Å². The Morgan fingerprint density at radius 1 is 1.21 bits per heavy atom. The van der Waals surface area contributed by atoms with E-state index >= 15 is 0 Å². The fraction of sp³-hybridized carbons (Fsp3) is 0.250. The van der Waals surface area contributed by atoms with Gasteiger partial charge in [-0.1, -0.05) is 6.08 Å². The number of sulfonamides is 1. The first-order chi connectivity index (χ1) is 13.5. The lowest BCUT2D eigenvalue weighted by Crippen LogP contribution is -2.42. The molecule has 0 aliphatic carbocycles. The van der Waals surface area contributed by atoms with Gasteiger partial charge < -0.3 is 9.64 Å². The zero-order chi connectivity index (χ0) is 21.4. The predicted molar refractivity (Wildman–Crippen MR) is 105 cm³/mol. The van der Waals surface area contributed by atoms with Gasteiger partial charge in [-0.2, -0.15) is 0 Å². The Kier molecular flexibility index (Phi) is 5.36. The summed E-state index contributed by atoms with van der Waals surface area (Å²) in [5.41, 5.74) is -0.266. The Balaban J connectivity index is 1.99. The third kappa shape index (κ3) is 4.09. The number of hydrogen-bond acceptors (Lipinski definition) is 4. The highest BCUT2D eigenvalue weighted by Gasteiger charge is 2.37. The Morgan fingerprint density at radius 3 is 2.59 bits per heavy atom. The van der Waals surface area contributed by atoms with Crippen molar-refractivity contribution < 1.29 is 26.7 Å². The number of nitrogens with one attached hydrogen (secondary N) is 1. The van der Waals surface area contributed by atoms with Gasteiger partial charge >= 0.3 is 0 Å². The van der Waals surface area contributed by atoms with Crippen molar-refractivity contribution in [2.75, 3.05) is 22.8 Å². The van der Waals surface area contributed by atoms with Crippen LogP contribution in [0, 0.1) is 17.0 Å². The maximum absolute atomic E-state index is 13.4. The van der Waals surface area contributed by atoms with E-state index < -0.39 is 32.0 Å². The number of amides is 1. The molecule has 9 heteroatoms. The zero-order valence-electron chi connectivity index (χ0n) is 15.9. The molecule has 1 heterocycles. The van der Waals surface area contributed by atoms with E-state index in [1.165, 1.54) is 17.0 Å². The largest absolute Gasteiger partial charge is 0.490 e. The van der Waals surface area contributed by atoms with Crippen LogP contribution in [-0.4, -0.2) is 27.5 Å². The van der Waals surface area contributed by atoms with E-state index in [4.69, 9.17) is 4.74 Å². The fourth-order valence-corrected chi connectivity index (χ4v) is 3.94. The molecule has 0 bridgehead atoms. The second-order valence-electron chi connectivity index (χ2n) is 7.24. The first kappa shape index (κ1) is 20.8. The number of hydrogen-bond donors (Lipinski definition) is 1. The first-order valence-electron chi connectivity index (χ1n) is 8.73. The van der Waals surface area contributed by atoms with Gasteiger partial charge in [0, 0.05) is 6.54 Å². The number of halogens is 2. The van der Waals surface area contributed by atoms with Crippen LogP contribution in [0.15, 0.2) is 53.9 Å². The molecule has 0 unspecified atom stereocenters. The molecule has 29 heavy (non-hydrogen) atoms. The van der Waals surface area contributed by atoms with Crippen LogP contribution in [0.2, 0.25) is 0 Å². The number of benzene rings is 2. The Bertz CT molecular complexity index is 1080. The van der Waals surface area contributed by atoms with E-state index in [-0.39, 0.29) is 24.7 Å². The third-order valence-corrected chi connectivity index (χ3v) is 5.81. The maximum Gasteiger partial charge on any atom is 0.262 e. The van der Waals surface area contributed by atoms with Crippen molar-refractivity contribution in [3.05, 3.63) is 60.7 Å². The van der Waals surface area contributed by atoms with Gasteiger partial charge in [-0.15, -0.1) is 6.58 Å². The number of carbonyl (C=O) groups is 1. The van der Waals surface area contributed by atoms with E-state index in [0.29, 0.717) is 17.5 Å². The number of carbonyl (C=O) groups excluding carboxylic acids is 1. The standard InChI is InChI=1S/C20H20F2N2O4S/c1-4-9-24-17-10-13(5-8-18(17)28-12-20(2,3)19(24)25)23-29(26,27)14-6-7-15(21)16(22)11-14/h4-8,10-11,23H,1,9,12H2,2-3H3. The molecule has 1 amide bonds. The minimum absolute atomic E-state index is 0.138. The van der Waals surface area contributed by atoms with Crippen LogP contribution >= 0.6 is 0 Å². The minimum atomic E-state index is -4.18. The van der Waals surface area contributed by atoms with Crippen molar-refractivity contribution in [1.82, 2.24) is 0 Å². The molecule has 0 spiro atoms. The molecule has 154 valence electrons. The predicted octanol–water partition coefficient (Wildman–Crippen LogP) is 3.70. The number of rotatable bonds is 5. The van der Waals surface area contributed by atoms with Gasteiger partial charge in [0.2, 0.25) is 5.91 Å². The molecule has 2 aromatic carbocycles. The van der Waals surface area contributed by atoms with E-state index in [9.17, 15) is 22.0 Å². The smallest absolute Gasteiger partial charge is 0.262 e. The number of anilines is 2. The van der Waals surface area contributed by atoms with Gasteiger partial charge in [-0.3, -0.25) is 9.52 Å². The van der Waals surface area contributed by atoms with Gasteiger partial charge in [0.1, 0.15) is 12.4 Å². The molecule has 1 N–H and O–H groups in total. The van der Waals surface area contributed by atoms with Crippen molar-refractivity contribution in [1.29, 1.82) is 0 Å². The first-order valence-corrected chi connectivity index (χ1v) is 10.2. The minimum Gasteiger partial charge on any atom is -0.490 e. The molecule has 0 fully saturated rings. The molecule has 0 saturated carbocycles. The highest BCUT2D eigenvalue weighted by molar-refractivity contribution is 7.92. The summed E-state index contributed by atoms with van der Waals surface area (Å²) < 4.78 is 59.7. The molecule has 1 aliphatic heterocycles. The van der Waals surface area contributed by atoms with Gasteiger partial charge in [0.15, 0.2) is 11.6 Å². The average molecular weight is 422 g/mol. The van der Waals surface area contributed by atoms with Crippen molar-refractivity contribution in [3.63, 3.8) is 0 Å². The molecular weight excluding hydrogens is 402 g/mol. The van der Waals surface area contributed by atoms with Gasteiger partial charge in [-0.25, -0.2) is 17.2 Å². The molecular formula is C20H20F2N2O4S. The van der Waals surface area contributed by atoms with E-state index in [1.807, 2.05) is 0 Å². The van der Waals surface area contributed by atoms with E-state index in [2.05, 4.69) is 11.3 Å². The summed E-state index contributed by atoms with van der Waals surface area (Å²) in [5.74, 6) is -2.20. The molecule has 0 aromatic heterocycles.